The molecule has 2 heteroatoms. The highest BCUT2D eigenvalue weighted by molar-refractivity contribution is 4.90. The Kier molecular flexibility index (Phi) is 3.13. The van der Waals surface area contributed by atoms with E-state index in [1.165, 1.54) is 51.6 Å². The van der Waals surface area contributed by atoms with E-state index in [0.29, 0.717) is 5.54 Å². The molecule has 2 nitrogen and oxygen atoms in total. The van der Waals surface area contributed by atoms with Crippen LogP contribution in [0.2, 0.25) is 0 Å². The molecule has 0 aromatic rings. The van der Waals surface area contributed by atoms with Crippen molar-refractivity contribution in [1.82, 2.24) is 10.2 Å². The molecule has 2 atom stereocenters. The van der Waals surface area contributed by atoms with E-state index in [9.17, 15) is 0 Å². The minimum Gasteiger partial charge on any atom is -0.312 e. The molecule has 0 saturated carbocycles. The third kappa shape index (κ3) is 2.29. The van der Waals surface area contributed by atoms with E-state index in [4.69, 9.17) is 0 Å². The highest BCUT2D eigenvalue weighted by atomic mass is 15.1. The van der Waals surface area contributed by atoms with Crippen LogP contribution in [0.15, 0.2) is 0 Å². The van der Waals surface area contributed by atoms with E-state index in [1.54, 1.807) is 0 Å². The summed E-state index contributed by atoms with van der Waals surface area (Å²) in [5, 5.41) is 3.65. The van der Waals surface area contributed by atoms with Gasteiger partial charge in [-0.2, -0.15) is 0 Å². The van der Waals surface area contributed by atoms with Crippen LogP contribution in [0.25, 0.3) is 0 Å². The van der Waals surface area contributed by atoms with Crippen LogP contribution >= 0.6 is 0 Å². The lowest BCUT2D eigenvalue weighted by Gasteiger charge is -2.28. The third-order valence-corrected chi connectivity index (χ3v) is 4.16. The van der Waals surface area contributed by atoms with Gasteiger partial charge >= 0.3 is 0 Å². The van der Waals surface area contributed by atoms with Crippen molar-refractivity contribution < 1.29 is 0 Å². The third-order valence-electron chi connectivity index (χ3n) is 4.16. The fourth-order valence-electron chi connectivity index (χ4n) is 3.00. The predicted molar refractivity (Wildman–Crippen MR) is 60.5 cm³/mol. The molecule has 2 fully saturated rings. The highest BCUT2D eigenvalue weighted by Crippen LogP contribution is 2.28. The fraction of sp³-hybridized carbons (Fsp3) is 1.00. The molecule has 0 radical (unpaired) electrons. The molecule has 2 unspecified atom stereocenters. The molecule has 1 N–H and O–H groups in total. The molecule has 0 amide bonds. The average Bonchev–Trinajstić information content (AvgIpc) is 2.73. The molecule has 2 aliphatic heterocycles. The van der Waals surface area contributed by atoms with Gasteiger partial charge in [0.1, 0.15) is 0 Å². The zero-order valence-electron chi connectivity index (χ0n) is 9.68. The maximum absolute atomic E-state index is 3.65. The van der Waals surface area contributed by atoms with Crippen LogP contribution in [0.1, 0.15) is 45.4 Å². The van der Waals surface area contributed by atoms with E-state index >= 15 is 0 Å². The summed E-state index contributed by atoms with van der Waals surface area (Å²) < 4.78 is 0. The van der Waals surface area contributed by atoms with Gasteiger partial charge in [-0.15, -0.1) is 0 Å². The molecule has 0 spiro atoms. The van der Waals surface area contributed by atoms with Crippen LogP contribution in [-0.4, -0.2) is 36.6 Å². The van der Waals surface area contributed by atoms with E-state index in [1.807, 2.05) is 0 Å². The molecule has 2 heterocycles. The molecule has 0 bridgehead atoms. The zero-order chi connectivity index (χ0) is 10.0. The van der Waals surface area contributed by atoms with Gasteiger partial charge in [0.25, 0.3) is 0 Å². The van der Waals surface area contributed by atoms with Gasteiger partial charge < -0.3 is 10.2 Å². The summed E-state index contributed by atoms with van der Waals surface area (Å²) in [6, 6.07) is 0.870. The van der Waals surface area contributed by atoms with E-state index in [-0.39, 0.29) is 0 Å². The molecule has 14 heavy (non-hydrogen) atoms. The first-order valence-corrected chi connectivity index (χ1v) is 6.15. The molecular formula is C12H24N2. The SMILES string of the molecule is CN1CCCC1CCC1(C)CCCN1. The van der Waals surface area contributed by atoms with E-state index < -0.39 is 0 Å². The van der Waals surface area contributed by atoms with Crippen LogP contribution in [0.3, 0.4) is 0 Å². The largest absolute Gasteiger partial charge is 0.312 e. The van der Waals surface area contributed by atoms with Gasteiger partial charge in [-0.1, -0.05) is 0 Å². The normalized spacial score (nSPS) is 39.4. The van der Waals surface area contributed by atoms with Gasteiger partial charge in [0.15, 0.2) is 0 Å². The lowest BCUT2D eigenvalue weighted by Crippen LogP contribution is -2.38. The molecule has 2 aliphatic rings. The smallest absolute Gasteiger partial charge is 0.0154 e. The molecule has 0 aromatic carbocycles. The number of nitrogens with one attached hydrogen (secondary N) is 1. The van der Waals surface area contributed by atoms with Crippen molar-refractivity contribution >= 4 is 0 Å². The molecule has 0 aromatic heterocycles. The number of hydrogen-bond acceptors (Lipinski definition) is 2. The van der Waals surface area contributed by atoms with Crippen molar-refractivity contribution in [3.63, 3.8) is 0 Å². The lowest BCUT2D eigenvalue weighted by atomic mass is 9.91. The quantitative estimate of drug-likeness (QED) is 0.743. The Morgan fingerprint density at radius 1 is 1.43 bits per heavy atom. The molecule has 0 aliphatic carbocycles. The van der Waals surface area contributed by atoms with Crippen molar-refractivity contribution in [3.05, 3.63) is 0 Å². The standard InChI is InChI=1S/C12H24N2/c1-12(7-4-9-13-12)8-6-11-5-3-10-14(11)2/h11,13H,3-10H2,1-2H3. The monoisotopic (exact) mass is 196 g/mol. The Balaban J connectivity index is 1.75. The van der Waals surface area contributed by atoms with Gasteiger partial charge in [-0.25, -0.2) is 0 Å². The summed E-state index contributed by atoms with van der Waals surface area (Å²) in [5.74, 6) is 0. The Labute approximate surface area is 88.1 Å². The Hall–Kier alpha value is -0.0800. The summed E-state index contributed by atoms with van der Waals surface area (Å²) in [7, 11) is 2.28. The van der Waals surface area contributed by atoms with Crippen LogP contribution in [0.4, 0.5) is 0 Å². The summed E-state index contributed by atoms with van der Waals surface area (Å²) in [4.78, 5) is 2.54. The predicted octanol–water partition coefficient (Wildman–Crippen LogP) is 2.00. The van der Waals surface area contributed by atoms with Crippen LogP contribution < -0.4 is 5.32 Å². The van der Waals surface area contributed by atoms with Crippen molar-refractivity contribution in [3.8, 4) is 0 Å². The first-order chi connectivity index (χ1) is 6.70. The van der Waals surface area contributed by atoms with Gasteiger partial charge in [-0.05, 0) is 65.6 Å². The first kappa shape index (κ1) is 10.4. The second-order valence-corrected chi connectivity index (χ2v) is 5.41. The van der Waals surface area contributed by atoms with Gasteiger partial charge in [0.05, 0.1) is 0 Å². The lowest BCUT2D eigenvalue weighted by molar-refractivity contribution is 0.260. The van der Waals surface area contributed by atoms with Crippen LogP contribution in [0.5, 0.6) is 0 Å². The number of rotatable bonds is 3. The van der Waals surface area contributed by atoms with Crippen molar-refractivity contribution in [1.29, 1.82) is 0 Å². The van der Waals surface area contributed by atoms with Crippen molar-refractivity contribution in [2.45, 2.75) is 57.0 Å². The Morgan fingerprint density at radius 2 is 2.29 bits per heavy atom. The fourth-order valence-corrected chi connectivity index (χ4v) is 3.00. The molecule has 82 valence electrons. The maximum Gasteiger partial charge on any atom is 0.0154 e. The summed E-state index contributed by atoms with van der Waals surface area (Å²) >= 11 is 0. The molecular weight excluding hydrogens is 172 g/mol. The Morgan fingerprint density at radius 3 is 2.86 bits per heavy atom. The van der Waals surface area contributed by atoms with Crippen LogP contribution in [-0.2, 0) is 0 Å². The number of likely N-dealkylation sites (tertiary alicyclic amines) is 1. The van der Waals surface area contributed by atoms with Crippen LogP contribution in [0, 0.1) is 0 Å². The maximum atomic E-state index is 3.65. The summed E-state index contributed by atoms with van der Waals surface area (Å²) in [6.45, 7) is 4.95. The van der Waals surface area contributed by atoms with E-state index in [2.05, 4.69) is 24.2 Å². The number of nitrogens with zero attached hydrogens (tertiary/aromatic N) is 1. The summed E-state index contributed by atoms with van der Waals surface area (Å²) in [5.41, 5.74) is 0.462. The zero-order valence-corrected chi connectivity index (χ0v) is 9.68. The van der Waals surface area contributed by atoms with Crippen molar-refractivity contribution in [2.75, 3.05) is 20.1 Å². The van der Waals surface area contributed by atoms with Gasteiger partial charge in [0, 0.05) is 11.6 Å². The van der Waals surface area contributed by atoms with Crippen molar-refractivity contribution in [2.24, 2.45) is 0 Å². The van der Waals surface area contributed by atoms with E-state index in [0.717, 1.165) is 6.04 Å². The number of hydrogen-bond donors (Lipinski definition) is 1. The average molecular weight is 196 g/mol. The molecule has 2 saturated heterocycles. The summed E-state index contributed by atoms with van der Waals surface area (Å²) in [6.07, 6.45) is 8.33. The Bertz CT molecular complexity index is 185. The second kappa shape index (κ2) is 4.19. The first-order valence-electron chi connectivity index (χ1n) is 6.15. The minimum absolute atomic E-state index is 0.462. The van der Waals surface area contributed by atoms with Gasteiger partial charge in [0.2, 0.25) is 0 Å². The second-order valence-electron chi connectivity index (χ2n) is 5.41. The van der Waals surface area contributed by atoms with Gasteiger partial charge in [-0.3, -0.25) is 0 Å². The molecule has 2 rings (SSSR count). The minimum atomic E-state index is 0.462. The topological polar surface area (TPSA) is 15.3 Å². The highest BCUT2D eigenvalue weighted by Gasteiger charge is 2.30.